The third-order valence-electron chi connectivity index (χ3n) is 2.53. The van der Waals surface area contributed by atoms with Crippen LogP contribution in [0.4, 0.5) is 11.4 Å². The van der Waals surface area contributed by atoms with E-state index in [2.05, 4.69) is 26.2 Å². The van der Waals surface area contributed by atoms with Crippen molar-refractivity contribution in [1.82, 2.24) is 4.98 Å². The van der Waals surface area contributed by atoms with Crippen molar-refractivity contribution in [1.29, 1.82) is 0 Å². The van der Waals surface area contributed by atoms with Crippen LogP contribution in [0.5, 0.6) is 0 Å². The summed E-state index contributed by atoms with van der Waals surface area (Å²) in [6.45, 7) is 0. The van der Waals surface area contributed by atoms with E-state index in [1.807, 2.05) is 24.3 Å². The van der Waals surface area contributed by atoms with Gasteiger partial charge in [0, 0.05) is 22.8 Å². The first-order chi connectivity index (χ1) is 9.66. The molecule has 0 radical (unpaired) electrons. The number of anilines is 2. The molecule has 0 atom stereocenters. The molecule has 0 fully saturated rings. The number of hydrogen-bond donors (Lipinski definition) is 2. The number of rotatable bonds is 5. The maximum absolute atomic E-state index is 11.8. The molecule has 3 N–H and O–H groups in total. The molecule has 1 aromatic heterocycles. The Morgan fingerprint density at radius 2 is 2.10 bits per heavy atom. The van der Waals surface area contributed by atoms with Gasteiger partial charge in [0.25, 0.3) is 0 Å². The SMILES string of the molecule is Nc1ccccc1NC(=O)CCSc1ncccc1Br. The van der Waals surface area contributed by atoms with Crippen molar-refractivity contribution < 1.29 is 4.79 Å². The largest absolute Gasteiger partial charge is 0.397 e. The molecule has 2 rings (SSSR count). The monoisotopic (exact) mass is 351 g/mol. The maximum atomic E-state index is 11.8. The molecule has 0 aliphatic carbocycles. The minimum absolute atomic E-state index is 0.0533. The number of benzene rings is 1. The Morgan fingerprint density at radius 1 is 1.30 bits per heavy atom. The second-order valence-corrected chi connectivity index (χ2v) is 5.96. The number of aromatic nitrogens is 1. The topological polar surface area (TPSA) is 68.0 Å². The highest BCUT2D eigenvalue weighted by Gasteiger charge is 2.06. The molecule has 0 unspecified atom stereocenters. The molecule has 0 bridgehead atoms. The number of hydrogen-bond acceptors (Lipinski definition) is 4. The van der Waals surface area contributed by atoms with Gasteiger partial charge >= 0.3 is 0 Å². The number of para-hydroxylation sites is 2. The highest BCUT2D eigenvalue weighted by molar-refractivity contribution is 9.10. The zero-order chi connectivity index (χ0) is 14.4. The number of pyridine rings is 1. The summed E-state index contributed by atoms with van der Waals surface area (Å²) in [4.78, 5) is 16.1. The van der Waals surface area contributed by atoms with E-state index in [0.717, 1.165) is 9.50 Å². The summed E-state index contributed by atoms with van der Waals surface area (Å²) in [5.74, 6) is 0.608. The quantitative estimate of drug-likeness (QED) is 0.638. The maximum Gasteiger partial charge on any atom is 0.225 e. The van der Waals surface area contributed by atoms with Gasteiger partial charge in [-0.2, -0.15) is 0 Å². The van der Waals surface area contributed by atoms with E-state index >= 15 is 0 Å². The Hall–Kier alpha value is -1.53. The second kappa shape index (κ2) is 7.31. The molecule has 104 valence electrons. The van der Waals surface area contributed by atoms with E-state index in [-0.39, 0.29) is 5.91 Å². The fraction of sp³-hybridized carbons (Fsp3) is 0.143. The average molecular weight is 352 g/mol. The highest BCUT2D eigenvalue weighted by Crippen LogP contribution is 2.25. The van der Waals surface area contributed by atoms with Gasteiger partial charge in [0.1, 0.15) is 5.03 Å². The molecule has 1 amide bonds. The molecular weight excluding hydrogens is 338 g/mol. The molecule has 0 spiro atoms. The van der Waals surface area contributed by atoms with Gasteiger partial charge in [0.2, 0.25) is 5.91 Å². The van der Waals surface area contributed by atoms with Crippen LogP contribution in [0.15, 0.2) is 52.1 Å². The Morgan fingerprint density at radius 3 is 2.85 bits per heavy atom. The van der Waals surface area contributed by atoms with Gasteiger partial charge in [-0.3, -0.25) is 4.79 Å². The Bertz CT molecular complexity index is 606. The highest BCUT2D eigenvalue weighted by atomic mass is 79.9. The number of amides is 1. The van der Waals surface area contributed by atoms with E-state index < -0.39 is 0 Å². The van der Waals surface area contributed by atoms with Crippen LogP contribution in [0.25, 0.3) is 0 Å². The van der Waals surface area contributed by atoms with Crippen molar-refractivity contribution in [3.63, 3.8) is 0 Å². The number of carbonyl (C=O) groups is 1. The molecule has 0 saturated carbocycles. The predicted molar refractivity (Wildman–Crippen MR) is 86.8 cm³/mol. The van der Waals surface area contributed by atoms with Crippen molar-refractivity contribution in [2.45, 2.75) is 11.4 Å². The molecule has 0 saturated heterocycles. The van der Waals surface area contributed by atoms with Gasteiger partial charge in [0.05, 0.1) is 11.4 Å². The molecule has 1 aromatic carbocycles. The minimum Gasteiger partial charge on any atom is -0.397 e. The predicted octanol–water partition coefficient (Wildman–Crippen LogP) is 3.55. The van der Waals surface area contributed by atoms with Gasteiger partial charge < -0.3 is 11.1 Å². The molecule has 0 aliphatic rings. The van der Waals surface area contributed by atoms with Crippen LogP contribution in [0.3, 0.4) is 0 Å². The number of thioether (sulfide) groups is 1. The Kier molecular flexibility index (Phi) is 5.43. The number of carbonyl (C=O) groups excluding carboxylic acids is 1. The molecule has 4 nitrogen and oxygen atoms in total. The number of halogens is 1. The molecule has 20 heavy (non-hydrogen) atoms. The van der Waals surface area contributed by atoms with Gasteiger partial charge in [-0.25, -0.2) is 4.98 Å². The first-order valence-electron chi connectivity index (χ1n) is 6.04. The lowest BCUT2D eigenvalue weighted by molar-refractivity contribution is -0.115. The lowest BCUT2D eigenvalue weighted by Crippen LogP contribution is -2.13. The van der Waals surface area contributed by atoms with E-state index in [9.17, 15) is 4.79 Å². The molecule has 1 heterocycles. The summed E-state index contributed by atoms with van der Waals surface area (Å²) in [6.07, 6.45) is 2.14. The van der Waals surface area contributed by atoms with Crippen molar-refractivity contribution in [2.24, 2.45) is 0 Å². The van der Waals surface area contributed by atoms with Crippen LogP contribution in [0.2, 0.25) is 0 Å². The van der Waals surface area contributed by atoms with Crippen molar-refractivity contribution >= 4 is 45.0 Å². The Labute approximate surface area is 130 Å². The standard InChI is InChI=1S/C14H14BrN3OS/c15-10-4-3-8-17-14(10)20-9-7-13(19)18-12-6-2-1-5-11(12)16/h1-6,8H,7,9,16H2,(H,18,19). The van der Waals surface area contributed by atoms with Gasteiger partial charge in [-0.15, -0.1) is 11.8 Å². The van der Waals surface area contributed by atoms with Crippen LogP contribution in [0, 0.1) is 0 Å². The van der Waals surface area contributed by atoms with Crippen molar-refractivity contribution in [3.8, 4) is 0 Å². The van der Waals surface area contributed by atoms with Crippen molar-refractivity contribution in [2.75, 3.05) is 16.8 Å². The van der Waals surface area contributed by atoms with Crippen LogP contribution in [-0.2, 0) is 4.79 Å². The summed E-state index contributed by atoms with van der Waals surface area (Å²) in [7, 11) is 0. The molecular formula is C14H14BrN3OS. The van der Waals surface area contributed by atoms with Gasteiger partial charge in [-0.1, -0.05) is 12.1 Å². The van der Waals surface area contributed by atoms with E-state index in [1.54, 1.807) is 30.1 Å². The number of nitrogens with two attached hydrogens (primary N) is 1. The fourth-order valence-electron chi connectivity index (χ4n) is 1.54. The first-order valence-corrected chi connectivity index (χ1v) is 7.82. The lowest BCUT2D eigenvalue weighted by Gasteiger charge is -2.07. The van der Waals surface area contributed by atoms with E-state index in [4.69, 9.17) is 5.73 Å². The van der Waals surface area contributed by atoms with Crippen LogP contribution in [0.1, 0.15) is 6.42 Å². The van der Waals surface area contributed by atoms with E-state index in [0.29, 0.717) is 23.5 Å². The van der Waals surface area contributed by atoms with Gasteiger partial charge in [-0.05, 0) is 40.2 Å². The van der Waals surface area contributed by atoms with Crippen LogP contribution in [-0.4, -0.2) is 16.6 Å². The average Bonchev–Trinajstić information content (AvgIpc) is 2.43. The number of nitrogen functional groups attached to an aromatic ring is 1. The zero-order valence-electron chi connectivity index (χ0n) is 10.7. The van der Waals surface area contributed by atoms with Gasteiger partial charge in [0.15, 0.2) is 0 Å². The fourth-order valence-corrected chi connectivity index (χ4v) is 2.96. The Balaban J connectivity index is 1.82. The van der Waals surface area contributed by atoms with E-state index in [1.165, 1.54) is 0 Å². The van der Waals surface area contributed by atoms with Crippen molar-refractivity contribution in [3.05, 3.63) is 47.1 Å². The number of nitrogens with one attached hydrogen (secondary N) is 1. The molecule has 2 aromatic rings. The molecule has 0 aliphatic heterocycles. The molecule has 6 heteroatoms. The van der Waals surface area contributed by atoms with Crippen LogP contribution < -0.4 is 11.1 Å². The summed E-state index contributed by atoms with van der Waals surface area (Å²) in [5, 5.41) is 3.69. The second-order valence-electron chi connectivity index (χ2n) is 4.02. The lowest BCUT2D eigenvalue weighted by atomic mass is 10.2. The summed E-state index contributed by atoms with van der Waals surface area (Å²) < 4.78 is 0.942. The van der Waals surface area contributed by atoms with Crippen LogP contribution >= 0.6 is 27.7 Å². The first kappa shape index (κ1) is 14.9. The summed E-state index contributed by atoms with van der Waals surface area (Å²) in [5.41, 5.74) is 7.00. The summed E-state index contributed by atoms with van der Waals surface area (Å²) >= 11 is 4.97. The third kappa shape index (κ3) is 4.25. The number of nitrogens with zero attached hydrogens (tertiary/aromatic N) is 1. The third-order valence-corrected chi connectivity index (χ3v) is 4.44. The smallest absolute Gasteiger partial charge is 0.225 e. The normalized spacial score (nSPS) is 10.2. The minimum atomic E-state index is -0.0533. The summed E-state index contributed by atoms with van der Waals surface area (Å²) in [6, 6.07) is 11.0. The zero-order valence-corrected chi connectivity index (χ0v) is 13.1.